The number of rotatable bonds is 5. The second-order valence-corrected chi connectivity index (χ2v) is 7.35. The van der Waals surface area contributed by atoms with Crippen molar-refractivity contribution in [3.8, 4) is 5.75 Å². The molecule has 1 saturated heterocycles. The molecule has 0 unspecified atom stereocenters. The van der Waals surface area contributed by atoms with Crippen molar-refractivity contribution in [1.82, 2.24) is 10.2 Å². The van der Waals surface area contributed by atoms with Crippen LogP contribution in [0.3, 0.4) is 0 Å². The van der Waals surface area contributed by atoms with Gasteiger partial charge in [-0.3, -0.25) is 4.79 Å². The number of para-hydroxylation sites is 2. The molecular weight excluding hydrogens is 354 g/mol. The number of likely N-dealkylation sites (tertiary alicyclic amines) is 1. The number of ether oxygens (including phenoxy) is 1. The SMILES string of the molecule is COc1ccccc1NC(=O)N1CCC(C)(C(=O)NCc2ccccc2)CC1. The van der Waals surface area contributed by atoms with Crippen molar-refractivity contribution < 1.29 is 14.3 Å². The summed E-state index contributed by atoms with van der Waals surface area (Å²) in [6, 6.07) is 17.0. The molecule has 1 aliphatic heterocycles. The van der Waals surface area contributed by atoms with Gasteiger partial charge in [0, 0.05) is 25.0 Å². The Balaban J connectivity index is 1.52. The highest BCUT2D eigenvalue weighted by Gasteiger charge is 2.38. The molecule has 2 N–H and O–H groups in total. The Morgan fingerprint density at radius 2 is 1.68 bits per heavy atom. The van der Waals surface area contributed by atoms with Gasteiger partial charge < -0.3 is 20.3 Å². The number of benzene rings is 2. The fourth-order valence-electron chi connectivity index (χ4n) is 3.36. The average Bonchev–Trinajstić information content (AvgIpc) is 2.73. The number of amides is 3. The first kappa shape index (κ1) is 19.7. The van der Waals surface area contributed by atoms with Crippen molar-refractivity contribution in [3.05, 3.63) is 60.2 Å². The van der Waals surface area contributed by atoms with Crippen LogP contribution in [0.15, 0.2) is 54.6 Å². The number of hydrogen-bond acceptors (Lipinski definition) is 3. The molecule has 3 amide bonds. The molecule has 0 aromatic heterocycles. The van der Waals surface area contributed by atoms with Crippen molar-refractivity contribution >= 4 is 17.6 Å². The number of hydrogen-bond donors (Lipinski definition) is 2. The summed E-state index contributed by atoms with van der Waals surface area (Å²) in [7, 11) is 1.57. The number of nitrogens with one attached hydrogen (secondary N) is 2. The van der Waals surface area contributed by atoms with E-state index in [1.54, 1.807) is 18.1 Å². The summed E-state index contributed by atoms with van der Waals surface area (Å²) in [6.07, 6.45) is 1.26. The van der Waals surface area contributed by atoms with E-state index >= 15 is 0 Å². The summed E-state index contributed by atoms with van der Waals surface area (Å²) in [5, 5.41) is 5.93. The second kappa shape index (κ2) is 8.78. The van der Waals surface area contributed by atoms with Gasteiger partial charge in [-0.25, -0.2) is 4.79 Å². The van der Waals surface area contributed by atoms with Gasteiger partial charge in [-0.2, -0.15) is 0 Å². The fraction of sp³-hybridized carbons (Fsp3) is 0.364. The first-order chi connectivity index (χ1) is 13.5. The van der Waals surface area contributed by atoms with Crippen LogP contribution < -0.4 is 15.4 Å². The van der Waals surface area contributed by atoms with E-state index in [4.69, 9.17) is 4.74 Å². The predicted molar refractivity (Wildman–Crippen MR) is 109 cm³/mol. The molecule has 1 aliphatic rings. The molecule has 0 radical (unpaired) electrons. The fourth-order valence-corrected chi connectivity index (χ4v) is 3.36. The number of carbonyl (C=O) groups is 2. The Labute approximate surface area is 165 Å². The number of nitrogens with zero attached hydrogens (tertiary/aromatic N) is 1. The lowest BCUT2D eigenvalue weighted by atomic mass is 9.79. The maximum Gasteiger partial charge on any atom is 0.321 e. The average molecular weight is 381 g/mol. The smallest absolute Gasteiger partial charge is 0.321 e. The maximum absolute atomic E-state index is 12.7. The van der Waals surface area contributed by atoms with E-state index in [2.05, 4.69) is 10.6 Å². The highest BCUT2D eigenvalue weighted by Crippen LogP contribution is 2.32. The topological polar surface area (TPSA) is 70.7 Å². The molecule has 1 heterocycles. The molecule has 2 aromatic rings. The standard InChI is InChI=1S/C22H27N3O3/c1-22(20(26)23-16-17-8-4-3-5-9-17)12-14-25(15-13-22)21(27)24-18-10-6-7-11-19(18)28-2/h3-11H,12-16H2,1-2H3,(H,23,26)(H,24,27). The lowest BCUT2D eigenvalue weighted by Crippen LogP contribution is -2.49. The third-order valence-electron chi connectivity index (χ3n) is 5.35. The zero-order chi connectivity index (χ0) is 20.0. The minimum Gasteiger partial charge on any atom is -0.495 e. The van der Waals surface area contributed by atoms with E-state index in [1.165, 1.54) is 0 Å². The van der Waals surface area contributed by atoms with E-state index in [1.807, 2.05) is 55.5 Å². The zero-order valence-corrected chi connectivity index (χ0v) is 16.4. The van der Waals surface area contributed by atoms with Crippen LogP contribution in [0.25, 0.3) is 0 Å². The van der Waals surface area contributed by atoms with Gasteiger partial charge in [0.15, 0.2) is 0 Å². The highest BCUT2D eigenvalue weighted by molar-refractivity contribution is 5.91. The van der Waals surface area contributed by atoms with Crippen LogP contribution in [0, 0.1) is 5.41 Å². The molecule has 0 spiro atoms. The summed E-state index contributed by atoms with van der Waals surface area (Å²) < 4.78 is 5.28. The minimum atomic E-state index is -0.462. The van der Waals surface area contributed by atoms with Crippen LogP contribution in [0.5, 0.6) is 5.75 Å². The molecule has 3 rings (SSSR count). The summed E-state index contributed by atoms with van der Waals surface area (Å²) >= 11 is 0. The molecule has 1 fully saturated rings. The summed E-state index contributed by atoms with van der Waals surface area (Å²) in [6.45, 7) is 3.57. The van der Waals surface area contributed by atoms with E-state index in [0.717, 1.165) is 5.56 Å². The Bertz CT molecular complexity index is 815. The zero-order valence-electron chi connectivity index (χ0n) is 16.4. The minimum absolute atomic E-state index is 0.0427. The summed E-state index contributed by atoms with van der Waals surface area (Å²) in [5.41, 5.74) is 1.26. The van der Waals surface area contributed by atoms with E-state index < -0.39 is 5.41 Å². The first-order valence-electron chi connectivity index (χ1n) is 9.53. The number of piperidine rings is 1. The van der Waals surface area contributed by atoms with Crippen LogP contribution in [-0.2, 0) is 11.3 Å². The van der Waals surface area contributed by atoms with Gasteiger partial charge in [-0.15, -0.1) is 0 Å². The lowest BCUT2D eigenvalue weighted by molar-refractivity contribution is -0.132. The van der Waals surface area contributed by atoms with E-state index in [-0.39, 0.29) is 11.9 Å². The van der Waals surface area contributed by atoms with Crippen LogP contribution in [0.1, 0.15) is 25.3 Å². The monoisotopic (exact) mass is 381 g/mol. The van der Waals surface area contributed by atoms with Crippen molar-refractivity contribution in [2.45, 2.75) is 26.3 Å². The molecular formula is C22H27N3O3. The first-order valence-corrected chi connectivity index (χ1v) is 9.53. The van der Waals surface area contributed by atoms with Gasteiger partial charge in [0.05, 0.1) is 12.8 Å². The summed E-state index contributed by atoms with van der Waals surface area (Å²) in [5.74, 6) is 0.666. The van der Waals surface area contributed by atoms with Crippen molar-refractivity contribution in [2.75, 3.05) is 25.5 Å². The molecule has 0 aliphatic carbocycles. The highest BCUT2D eigenvalue weighted by atomic mass is 16.5. The van der Waals surface area contributed by atoms with Crippen LogP contribution in [-0.4, -0.2) is 37.0 Å². The van der Waals surface area contributed by atoms with Crippen LogP contribution in [0.4, 0.5) is 10.5 Å². The number of urea groups is 1. The number of carbonyl (C=O) groups excluding carboxylic acids is 2. The Morgan fingerprint density at radius 1 is 1.04 bits per heavy atom. The predicted octanol–water partition coefficient (Wildman–Crippen LogP) is 3.65. The van der Waals surface area contributed by atoms with Gasteiger partial charge >= 0.3 is 6.03 Å². The third kappa shape index (κ3) is 4.63. The van der Waals surface area contributed by atoms with E-state index in [0.29, 0.717) is 43.9 Å². The largest absolute Gasteiger partial charge is 0.495 e. The molecule has 0 bridgehead atoms. The third-order valence-corrected chi connectivity index (χ3v) is 5.35. The van der Waals surface area contributed by atoms with E-state index in [9.17, 15) is 9.59 Å². The molecule has 148 valence electrons. The molecule has 0 saturated carbocycles. The van der Waals surface area contributed by atoms with Crippen molar-refractivity contribution in [1.29, 1.82) is 0 Å². The molecule has 2 aromatic carbocycles. The lowest BCUT2D eigenvalue weighted by Gasteiger charge is -2.38. The molecule has 28 heavy (non-hydrogen) atoms. The number of methoxy groups -OCH3 is 1. The van der Waals surface area contributed by atoms with Crippen molar-refractivity contribution in [2.24, 2.45) is 5.41 Å². The quantitative estimate of drug-likeness (QED) is 0.831. The summed E-state index contributed by atoms with van der Waals surface area (Å²) in [4.78, 5) is 27.0. The molecule has 0 atom stereocenters. The van der Waals surface area contributed by atoms with Crippen LogP contribution >= 0.6 is 0 Å². The molecule has 6 heteroatoms. The Kier molecular flexibility index (Phi) is 6.19. The Morgan fingerprint density at radius 3 is 2.36 bits per heavy atom. The van der Waals surface area contributed by atoms with Gasteiger partial charge in [0.25, 0.3) is 0 Å². The van der Waals surface area contributed by atoms with Gasteiger partial charge in [0.2, 0.25) is 5.91 Å². The van der Waals surface area contributed by atoms with Crippen molar-refractivity contribution in [3.63, 3.8) is 0 Å². The van der Waals surface area contributed by atoms with Gasteiger partial charge in [-0.05, 0) is 30.5 Å². The molecule has 6 nitrogen and oxygen atoms in total. The van der Waals surface area contributed by atoms with Gasteiger partial charge in [-0.1, -0.05) is 49.4 Å². The second-order valence-electron chi connectivity index (χ2n) is 7.35. The maximum atomic E-state index is 12.7. The number of anilines is 1. The Hall–Kier alpha value is -3.02. The normalized spacial score (nSPS) is 15.6. The van der Waals surface area contributed by atoms with Gasteiger partial charge in [0.1, 0.15) is 5.75 Å². The van der Waals surface area contributed by atoms with Crippen LogP contribution in [0.2, 0.25) is 0 Å².